The van der Waals surface area contributed by atoms with E-state index in [1.54, 1.807) is 0 Å². The predicted octanol–water partition coefficient (Wildman–Crippen LogP) is 2.87. The van der Waals surface area contributed by atoms with Gasteiger partial charge in [0.05, 0.1) is 13.2 Å². The standard InChI is InChI=1S/C13H24O2/c1-14-9-13(10-15-2,7-11-3-4-11)8-12-5-6-12/h11-12H,3-10H2,1-2H3. The minimum absolute atomic E-state index is 0.325. The highest BCUT2D eigenvalue weighted by atomic mass is 16.5. The van der Waals surface area contributed by atoms with Crippen molar-refractivity contribution >= 4 is 0 Å². The van der Waals surface area contributed by atoms with Gasteiger partial charge in [0, 0.05) is 19.6 Å². The molecule has 0 saturated heterocycles. The van der Waals surface area contributed by atoms with Gasteiger partial charge in [-0.1, -0.05) is 25.7 Å². The number of hydrogen-bond acceptors (Lipinski definition) is 2. The van der Waals surface area contributed by atoms with Gasteiger partial charge in [0.2, 0.25) is 0 Å². The Morgan fingerprint density at radius 3 is 1.53 bits per heavy atom. The molecule has 2 heteroatoms. The Labute approximate surface area is 93.3 Å². The van der Waals surface area contributed by atoms with E-state index in [4.69, 9.17) is 9.47 Å². The first-order valence-electron chi connectivity index (χ1n) is 6.26. The smallest absolute Gasteiger partial charge is 0.0540 e. The van der Waals surface area contributed by atoms with E-state index in [1.807, 2.05) is 14.2 Å². The van der Waals surface area contributed by atoms with Gasteiger partial charge < -0.3 is 9.47 Å². The third-order valence-electron chi connectivity index (χ3n) is 3.74. The summed E-state index contributed by atoms with van der Waals surface area (Å²) in [6.07, 6.45) is 8.37. The van der Waals surface area contributed by atoms with Gasteiger partial charge >= 0.3 is 0 Å². The lowest BCUT2D eigenvalue weighted by Crippen LogP contribution is -2.33. The van der Waals surface area contributed by atoms with E-state index in [2.05, 4.69) is 0 Å². The largest absolute Gasteiger partial charge is 0.384 e. The molecule has 15 heavy (non-hydrogen) atoms. The molecular formula is C13H24O2. The van der Waals surface area contributed by atoms with E-state index in [1.165, 1.54) is 38.5 Å². The van der Waals surface area contributed by atoms with E-state index in [0.29, 0.717) is 5.41 Å². The van der Waals surface area contributed by atoms with Crippen LogP contribution in [-0.4, -0.2) is 27.4 Å². The maximum Gasteiger partial charge on any atom is 0.0540 e. The van der Waals surface area contributed by atoms with E-state index in [-0.39, 0.29) is 0 Å². The molecule has 88 valence electrons. The first kappa shape index (κ1) is 11.4. The van der Waals surface area contributed by atoms with Gasteiger partial charge in [-0.25, -0.2) is 0 Å². The van der Waals surface area contributed by atoms with Crippen LogP contribution in [0.3, 0.4) is 0 Å². The van der Waals surface area contributed by atoms with Crippen molar-refractivity contribution in [3.05, 3.63) is 0 Å². The lowest BCUT2D eigenvalue weighted by molar-refractivity contribution is -0.00841. The van der Waals surface area contributed by atoms with Crippen LogP contribution in [0.5, 0.6) is 0 Å². The Bertz CT molecular complexity index is 173. The second-order valence-corrected chi connectivity index (χ2v) is 5.66. The molecular weight excluding hydrogens is 188 g/mol. The zero-order valence-electron chi connectivity index (χ0n) is 10.1. The lowest BCUT2D eigenvalue weighted by atomic mass is 9.79. The maximum absolute atomic E-state index is 5.44. The average Bonchev–Trinajstić information content (AvgIpc) is 3.02. The van der Waals surface area contributed by atoms with Crippen molar-refractivity contribution < 1.29 is 9.47 Å². The molecule has 0 aromatic rings. The van der Waals surface area contributed by atoms with E-state index in [0.717, 1.165) is 25.0 Å². The van der Waals surface area contributed by atoms with Crippen molar-refractivity contribution in [3.8, 4) is 0 Å². The van der Waals surface area contributed by atoms with Gasteiger partial charge in [0.1, 0.15) is 0 Å². The van der Waals surface area contributed by atoms with Crippen LogP contribution in [0.4, 0.5) is 0 Å². The third kappa shape index (κ3) is 3.46. The van der Waals surface area contributed by atoms with Gasteiger partial charge in [-0.2, -0.15) is 0 Å². The maximum atomic E-state index is 5.44. The Morgan fingerprint density at radius 2 is 1.27 bits per heavy atom. The zero-order chi connectivity index (χ0) is 10.7. The fraction of sp³-hybridized carbons (Fsp3) is 1.00. The van der Waals surface area contributed by atoms with E-state index < -0.39 is 0 Å². The first-order chi connectivity index (χ1) is 7.28. The predicted molar refractivity (Wildman–Crippen MR) is 60.9 cm³/mol. The third-order valence-corrected chi connectivity index (χ3v) is 3.74. The lowest BCUT2D eigenvalue weighted by Gasteiger charge is -2.33. The highest BCUT2D eigenvalue weighted by molar-refractivity contribution is 4.91. The molecule has 0 bridgehead atoms. The Hall–Kier alpha value is -0.0800. The van der Waals surface area contributed by atoms with Crippen LogP contribution >= 0.6 is 0 Å². The highest BCUT2D eigenvalue weighted by Gasteiger charge is 2.41. The molecule has 0 radical (unpaired) electrons. The molecule has 0 aromatic heterocycles. The molecule has 2 aliphatic carbocycles. The highest BCUT2D eigenvalue weighted by Crippen LogP contribution is 2.48. The summed E-state index contributed by atoms with van der Waals surface area (Å²) in [4.78, 5) is 0. The van der Waals surface area contributed by atoms with Crippen LogP contribution in [0.25, 0.3) is 0 Å². The van der Waals surface area contributed by atoms with Crippen LogP contribution in [-0.2, 0) is 9.47 Å². The van der Waals surface area contributed by atoms with Crippen molar-refractivity contribution in [2.24, 2.45) is 17.3 Å². The molecule has 0 unspecified atom stereocenters. The van der Waals surface area contributed by atoms with Gasteiger partial charge in [-0.3, -0.25) is 0 Å². The van der Waals surface area contributed by atoms with Crippen LogP contribution in [0.2, 0.25) is 0 Å². The number of rotatable bonds is 8. The molecule has 0 heterocycles. The molecule has 0 amide bonds. The summed E-state index contributed by atoms with van der Waals surface area (Å²) in [5.74, 6) is 1.93. The quantitative estimate of drug-likeness (QED) is 0.616. The summed E-state index contributed by atoms with van der Waals surface area (Å²) in [6.45, 7) is 1.77. The normalized spacial score (nSPS) is 22.0. The molecule has 0 aromatic carbocycles. The fourth-order valence-electron chi connectivity index (χ4n) is 2.84. The Balaban J connectivity index is 1.92. The molecule has 2 nitrogen and oxygen atoms in total. The van der Waals surface area contributed by atoms with Gasteiger partial charge in [0.25, 0.3) is 0 Å². The van der Waals surface area contributed by atoms with Gasteiger partial charge in [0.15, 0.2) is 0 Å². The summed E-state index contributed by atoms with van der Waals surface area (Å²) >= 11 is 0. The number of methoxy groups -OCH3 is 2. The van der Waals surface area contributed by atoms with E-state index >= 15 is 0 Å². The second kappa shape index (κ2) is 4.84. The summed E-state index contributed by atoms with van der Waals surface area (Å²) in [7, 11) is 3.65. The SMILES string of the molecule is COCC(COC)(CC1CC1)CC1CC1. The molecule has 0 spiro atoms. The van der Waals surface area contributed by atoms with Crippen LogP contribution in [0, 0.1) is 17.3 Å². The molecule has 0 atom stereocenters. The molecule has 0 aliphatic heterocycles. The summed E-state index contributed by atoms with van der Waals surface area (Å²) in [5, 5.41) is 0. The zero-order valence-corrected chi connectivity index (χ0v) is 10.1. The molecule has 2 aliphatic rings. The van der Waals surface area contributed by atoms with Crippen molar-refractivity contribution in [1.82, 2.24) is 0 Å². The van der Waals surface area contributed by atoms with Gasteiger partial charge in [-0.15, -0.1) is 0 Å². The van der Waals surface area contributed by atoms with E-state index in [9.17, 15) is 0 Å². The van der Waals surface area contributed by atoms with Crippen LogP contribution < -0.4 is 0 Å². The Kier molecular flexibility index (Phi) is 3.68. The Morgan fingerprint density at radius 1 is 0.867 bits per heavy atom. The molecule has 0 N–H and O–H groups in total. The summed E-state index contributed by atoms with van der Waals surface area (Å²) in [6, 6.07) is 0. The molecule has 2 fully saturated rings. The summed E-state index contributed by atoms with van der Waals surface area (Å²) < 4.78 is 10.9. The van der Waals surface area contributed by atoms with Crippen molar-refractivity contribution in [2.75, 3.05) is 27.4 Å². The topological polar surface area (TPSA) is 18.5 Å². The summed E-state index contributed by atoms with van der Waals surface area (Å²) in [5.41, 5.74) is 0.325. The molecule has 2 rings (SSSR count). The minimum Gasteiger partial charge on any atom is -0.384 e. The van der Waals surface area contributed by atoms with Crippen molar-refractivity contribution in [3.63, 3.8) is 0 Å². The van der Waals surface area contributed by atoms with Gasteiger partial charge in [-0.05, 0) is 24.7 Å². The first-order valence-corrected chi connectivity index (χ1v) is 6.26. The second-order valence-electron chi connectivity index (χ2n) is 5.66. The van der Waals surface area contributed by atoms with Crippen molar-refractivity contribution in [2.45, 2.75) is 38.5 Å². The van der Waals surface area contributed by atoms with Crippen molar-refractivity contribution in [1.29, 1.82) is 0 Å². The molecule has 2 saturated carbocycles. The fourth-order valence-corrected chi connectivity index (χ4v) is 2.84. The monoisotopic (exact) mass is 212 g/mol. The van der Waals surface area contributed by atoms with Crippen LogP contribution in [0.1, 0.15) is 38.5 Å². The minimum atomic E-state index is 0.325. The van der Waals surface area contributed by atoms with Crippen LogP contribution in [0.15, 0.2) is 0 Å². The average molecular weight is 212 g/mol. The number of ether oxygens (including phenoxy) is 2. The number of hydrogen-bond donors (Lipinski definition) is 0.